The second kappa shape index (κ2) is 10.2. The topological polar surface area (TPSA) is 3.24 Å². The molecule has 0 N–H and O–H groups in total. The van der Waals surface area contributed by atoms with Crippen molar-refractivity contribution in [3.05, 3.63) is 185 Å². The van der Waals surface area contributed by atoms with Gasteiger partial charge in [0, 0.05) is 22.5 Å². The maximum atomic E-state index is 2.51. The normalized spacial score (nSPS) is 13.9. The summed E-state index contributed by atoms with van der Waals surface area (Å²) < 4.78 is 0. The molecule has 0 saturated carbocycles. The smallest absolute Gasteiger partial charge is 0.0466 e. The number of para-hydroxylation sites is 2. The summed E-state index contributed by atoms with van der Waals surface area (Å²) in [7, 11) is 0. The van der Waals surface area contributed by atoms with Crippen LogP contribution < -0.4 is 4.90 Å². The van der Waals surface area contributed by atoms with E-state index in [0.29, 0.717) is 0 Å². The van der Waals surface area contributed by atoms with Crippen LogP contribution in [0.25, 0.3) is 11.1 Å². The highest BCUT2D eigenvalue weighted by molar-refractivity contribution is 5.83. The third kappa shape index (κ3) is 4.00. The van der Waals surface area contributed by atoms with E-state index in [4.69, 9.17) is 0 Å². The molecule has 8 rings (SSSR count). The molecule has 0 aromatic heterocycles. The highest BCUT2D eigenvalue weighted by Crippen LogP contribution is 2.55. The average Bonchev–Trinajstić information content (AvgIpc) is 3.33. The first kappa shape index (κ1) is 24.9. The molecule has 1 nitrogen and oxygen atoms in total. The Morgan fingerprint density at radius 1 is 0.476 bits per heavy atom. The number of hydrogen-bond donors (Lipinski definition) is 0. The molecule has 0 unspecified atom stereocenters. The van der Waals surface area contributed by atoms with E-state index in [-0.39, 0.29) is 5.41 Å². The summed E-state index contributed by atoms with van der Waals surface area (Å²) in [6.45, 7) is 0. The van der Waals surface area contributed by atoms with Gasteiger partial charge in [-0.15, -0.1) is 0 Å². The average molecular weight is 540 g/mol. The van der Waals surface area contributed by atoms with Crippen LogP contribution >= 0.6 is 0 Å². The van der Waals surface area contributed by atoms with Crippen LogP contribution in [0.5, 0.6) is 0 Å². The lowest BCUT2D eigenvalue weighted by Gasteiger charge is -2.35. The van der Waals surface area contributed by atoms with E-state index in [2.05, 4.69) is 157 Å². The fourth-order valence-corrected chi connectivity index (χ4v) is 7.26. The number of fused-ring (bicyclic) bond motifs is 4. The van der Waals surface area contributed by atoms with E-state index >= 15 is 0 Å². The zero-order chi connectivity index (χ0) is 27.9. The van der Waals surface area contributed by atoms with Crippen molar-refractivity contribution >= 4 is 17.1 Å². The second-order valence-electron chi connectivity index (χ2n) is 11.7. The summed E-state index contributed by atoms with van der Waals surface area (Å²) in [5, 5.41) is 0. The van der Waals surface area contributed by atoms with Crippen molar-refractivity contribution < 1.29 is 0 Å². The first-order valence-corrected chi connectivity index (χ1v) is 15.1. The Bertz CT molecular complexity index is 1780. The maximum Gasteiger partial charge on any atom is 0.0466 e. The molecule has 0 radical (unpaired) electrons. The van der Waals surface area contributed by atoms with Gasteiger partial charge in [-0.05, 0) is 107 Å². The van der Waals surface area contributed by atoms with E-state index in [0.717, 1.165) is 24.2 Å². The quantitative estimate of drug-likeness (QED) is 0.195. The second-order valence-corrected chi connectivity index (χ2v) is 11.7. The molecule has 2 aliphatic carbocycles. The third-order valence-electron chi connectivity index (χ3n) is 9.44. The lowest BCUT2D eigenvalue weighted by atomic mass is 9.67. The minimum Gasteiger partial charge on any atom is -0.311 e. The summed E-state index contributed by atoms with van der Waals surface area (Å²) in [4.78, 5) is 2.33. The van der Waals surface area contributed by atoms with Gasteiger partial charge in [0.1, 0.15) is 0 Å². The molecule has 0 atom stereocenters. The van der Waals surface area contributed by atoms with Crippen molar-refractivity contribution in [3.63, 3.8) is 0 Å². The van der Waals surface area contributed by atoms with Gasteiger partial charge in [-0.1, -0.05) is 115 Å². The predicted molar refractivity (Wildman–Crippen MR) is 175 cm³/mol. The van der Waals surface area contributed by atoms with Gasteiger partial charge in [0.05, 0.1) is 0 Å². The number of aryl methyl sites for hydroxylation is 3. The molecule has 42 heavy (non-hydrogen) atoms. The van der Waals surface area contributed by atoms with Crippen molar-refractivity contribution in [2.24, 2.45) is 0 Å². The fourth-order valence-electron chi connectivity index (χ4n) is 7.26. The summed E-state index contributed by atoms with van der Waals surface area (Å²) in [5.41, 5.74) is 14.8. The zero-order valence-corrected chi connectivity index (χ0v) is 23.7. The molecule has 0 bridgehead atoms. The Morgan fingerprint density at radius 2 is 1.00 bits per heavy atom. The molecule has 0 spiro atoms. The molecule has 6 aromatic carbocycles. The first-order chi connectivity index (χ1) is 20.8. The standard InChI is InChI=1S/C41H33N/c1-3-11-34(12-4-1)42(35-13-5-2-6-14-35)36-25-19-30(20-26-36)27-28-41(33-24-23-31-21-22-32(31)29-33)39-17-9-7-15-37(39)38-16-8-10-18-40(38)41/h1-20,23-26,29H,21-22,27-28H2. The van der Waals surface area contributed by atoms with E-state index < -0.39 is 0 Å². The molecule has 0 amide bonds. The zero-order valence-electron chi connectivity index (χ0n) is 23.7. The van der Waals surface area contributed by atoms with E-state index in [1.54, 1.807) is 0 Å². The van der Waals surface area contributed by atoms with Crippen molar-refractivity contribution in [1.82, 2.24) is 0 Å². The molecule has 0 saturated heterocycles. The minimum atomic E-state index is -0.156. The number of hydrogen-bond acceptors (Lipinski definition) is 1. The fraction of sp³-hybridized carbons (Fsp3) is 0.122. The Kier molecular flexibility index (Phi) is 6.04. The third-order valence-corrected chi connectivity index (χ3v) is 9.44. The van der Waals surface area contributed by atoms with Gasteiger partial charge in [-0.2, -0.15) is 0 Å². The molecule has 2 aliphatic rings. The molecule has 0 aliphatic heterocycles. The van der Waals surface area contributed by atoms with E-state index in [9.17, 15) is 0 Å². The van der Waals surface area contributed by atoms with Gasteiger partial charge >= 0.3 is 0 Å². The summed E-state index contributed by atoms with van der Waals surface area (Å²) >= 11 is 0. The van der Waals surface area contributed by atoms with Crippen LogP contribution in [0.3, 0.4) is 0 Å². The van der Waals surface area contributed by atoms with Gasteiger partial charge in [0.15, 0.2) is 0 Å². The predicted octanol–water partition coefficient (Wildman–Crippen LogP) is 10.2. The summed E-state index contributed by atoms with van der Waals surface area (Å²) in [6.07, 6.45) is 4.44. The van der Waals surface area contributed by atoms with Crippen molar-refractivity contribution in [2.45, 2.75) is 31.1 Å². The number of benzene rings is 6. The van der Waals surface area contributed by atoms with Crippen LogP contribution in [0.4, 0.5) is 17.1 Å². The lowest BCUT2D eigenvalue weighted by molar-refractivity contribution is 0.570. The number of nitrogens with zero attached hydrogens (tertiary/aromatic N) is 1. The molecule has 1 heteroatoms. The lowest BCUT2D eigenvalue weighted by Crippen LogP contribution is -2.28. The minimum absolute atomic E-state index is 0.156. The van der Waals surface area contributed by atoms with Gasteiger partial charge in [-0.3, -0.25) is 0 Å². The van der Waals surface area contributed by atoms with Crippen molar-refractivity contribution in [3.8, 4) is 11.1 Å². The van der Waals surface area contributed by atoms with Gasteiger partial charge < -0.3 is 4.90 Å². The summed E-state index contributed by atoms with van der Waals surface area (Å²) in [6, 6.07) is 56.0. The van der Waals surface area contributed by atoms with E-state index in [1.165, 1.54) is 63.0 Å². The number of anilines is 3. The Labute approximate surface area is 248 Å². The first-order valence-electron chi connectivity index (χ1n) is 15.1. The van der Waals surface area contributed by atoms with Gasteiger partial charge in [0.25, 0.3) is 0 Å². The highest BCUT2D eigenvalue weighted by atomic mass is 15.1. The molecule has 0 fully saturated rings. The highest BCUT2D eigenvalue weighted by Gasteiger charge is 2.44. The Morgan fingerprint density at radius 3 is 1.55 bits per heavy atom. The molecular formula is C41H33N. The maximum absolute atomic E-state index is 2.51. The SMILES string of the molecule is c1ccc(N(c2ccccc2)c2ccc(CCC3(c4ccc5c(c4)CC5)c4ccccc4-c4ccccc43)cc2)cc1. The number of rotatable bonds is 7. The van der Waals surface area contributed by atoms with E-state index in [1.807, 2.05) is 0 Å². The van der Waals surface area contributed by atoms with Crippen LogP contribution in [0.1, 0.15) is 39.8 Å². The summed E-state index contributed by atoms with van der Waals surface area (Å²) in [5.74, 6) is 0. The molecule has 202 valence electrons. The molecule has 0 heterocycles. The van der Waals surface area contributed by atoms with Crippen LogP contribution in [0.15, 0.2) is 152 Å². The van der Waals surface area contributed by atoms with Crippen LogP contribution in [-0.2, 0) is 24.7 Å². The van der Waals surface area contributed by atoms with Gasteiger partial charge in [0.2, 0.25) is 0 Å². The van der Waals surface area contributed by atoms with Crippen LogP contribution in [0.2, 0.25) is 0 Å². The largest absolute Gasteiger partial charge is 0.311 e. The van der Waals surface area contributed by atoms with Gasteiger partial charge in [-0.25, -0.2) is 0 Å². The molecule has 6 aromatic rings. The van der Waals surface area contributed by atoms with Crippen molar-refractivity contribution in [1.29, 1.82) is 0 Å². The van der Waals surface area contributed by atoms with Crippen molar-refractivity contribution in [2.75, 3.05) is 4.90 Å². The Hall–Kier alpha value is -4.88. The van der Waals surface area contributed by atoms with Crippen LogP contribution in [-0.4, -0.2) is 0 Å². The monoisotopic (exact) mass is 539 g/mol. The van der Waals surface area contributed by atoms with Crippen LogP contribution in [0, 0.1) is 0 Å². The Balaban J connectivity index is 1.17. The molecular weight excluding hydrogens is 506 g/mol.